The third-order valence-electron chi connectivity index (χ3n) is 6.25. The number of nitrogens with zero attached hydrogens (tertiary/aromatic N) is 3. The average Bonchev–Trinajstić information content (AvgIpc) is 3.20. The molecule has 0 saturated carbocycles. The Kier molecular flexibility index (Phi) is 7.56. The van der Waals surface area contributed by atoms with Crippen LogP contribution < -0.4 is 5.32 Å². The standard InChI is InChI=1S/C27H22Cl4N4O/c28-20-7-6-17(13-22(20)30)3-2-11-34-12-9-23-19(16-34)26-21(29)4-1-5-24(26)35(23)27(36)33-15-18-8-10-32-25(31)14-18/h1-8,10,13-14H,9,11-12,15-16H2,(H,33,36). The maximum Gasteiger partial charge on any atom is 0.326 e. The highest BCUT2D eigenvalue weighted by atomic mass is 35.5. The first-order valence-electron chi connectivity index (χ1n) is 11.4. The minimum absolute atomic E-state index is 0.190. The van der Waals surface area contributed by atoms with Crippen LogP contribution in [0.25, 0.3) is 17.0 Å². The summed E-state index contributed by atoms with van der Waals surface area (Å²) in [5, 5.41) is 6.05. The third-order valence-corrected chi connectivity index (χ3v) is 7.52. The van der Waals surface area contributed by atoms with Gasteiger partial charge in [-0.25, -0.2) is 9.78 Å². The van der Waals surface area contributed by atoms with Crippen molar-refractivity contribution < 1.29 is 4.79 Å². The van der Waals surface area contributed by atoms with Gasteiger partial charge in [0.1, 0.15) is 5.15 Å². The Morgan fingerprint density at radius 3 is 2.69 bits per heavy atom. The molecule has 0 unspecified atom stereocenters. The van der Waals surface area contributed by atoms with E-state index in [9.17, 15) is 4.79 Å². The van der Waals surface area contributed by atoms with E-state index in [0.717, 1.165) is 52.8 Å². The highest BCUT2D eigenvalue weighted by Gasteiger charge is 2.27. The number of amides is 1. The second kappa shape index (κ2) is 10.8. The van der Waals surface area contributed by atoms with Gasteiger partial charge >= 0.3 is 6.03 Å². The summed E-state index contributed by atoms with van der Waals surface area (Å²) in [5.74, 6) is 0. The number of carbonyl (C=O) groups excluding carboxylic acids is 1. The molecule has 0 atom stereocenters. The van der Waals surface area contributed by atoms with Gasteiger partial charge < -0.3 is 5.32 Å². The minimum Gasteiger partial charge on any atom is -0.333 e. The predicted octanol–water partition coefficient (Wildman–Crippen LogP) is 7.48. The van der Waals surface area contributed by atoms with Gasteiger partial charge in [0.05, 0.1) is 20.6 Å². The molecule has 1 N–H and O–H groups in total. The largest absolute Gasteiger partial charge is 0.333 e. The van der Waals surface area contributed by atoms with Crippen molar-refractivity contribution in [1.29, 1.82) is 0 Å². The molecule has 2 aromatic heterocycles. The molecule has 5 nitrogen and oxygen atoms in total. The zero-order chi connectivity index (χ0) is 25.2. The Balaban J connectivity index is 1.37. The van der Waals surface area contributed by atoms with Crippen molar-refractivity contribution in [1.82, 2.24) is 19.8 Å². The highest BCUT2D eigenvalue weighted by Crippen LogP contribution is 2.35. The molecular formula is C27H22Cl4N4O. The summed E-state index contributed by atoms with van der Waals surface area (Å²) < 4.78 is 1.77. The van der Waals surface area contributed by atoms with Crippen molar-refractivity contribution in [3.05, 3.63) is 103 Å². The van der Waals surface area contributed by atoms with Crippen molar-refractivity contribution in [2.75, 3.05) is 13.1 Å². The predicted molar refractivity (Wildman–Crippen MR) is 148 cm³/mol. The quantitative estimate of drug-likeness (QED) is 0.258. The van der Waals surface area contributed by atoms with E-state index in [2.05, 4.69) is 21.3 Å². The Morgan fingerprint density at radius 2 is 1.89 bits per heavy atom. The highest BCUT2D eigenvalue weighted by molar-refractivity contribution is 6.42. The minimum atomic E-state index is -0.190. The molecule has 184 valence electrons. The number of aromatic nitrogens is 2. The molecule has 9 heteroatoms. The van der Waals surface area contributed by atoms with Crippen molar-refractivity contribution in [2.24, 2.45) is 0 Å². The van der Waals surface area contributed by atoms with Gasteiger partial charge in [-0.05, 0) is 53.1 Å². The fourth-order valence-electron chi connectivity index (χ4n) is 4.57. The van der Waals surface area contributed by atoms with Crippen molar-refractivity contribution in [3.63, 3.8) is 0 Å². The number of carbonyl (C=O) groups is 1. The summed E-state index contributed by atoms with van der Waals surface area (Å²) >= 11 is 24.8. The van der Waals surface area contributed by atoms with E-state index in [1.165, 1.54) is 0 Å². The lowest BCUT2D eigenvalue weighted by molar-refractivity contribution is 0.240. The fourth-order valence-corrected chi connectivity index (χ4v) is 5.36. The molecule has 0 radical (unpaired) electrons. The van der Waals surface area contributed by atoms with E-state index in [0.29, 0.717) is 33.3 Å². The molecule has 0 fully saturated rings. The molecule has 0 spiro atoms. The third kappa shape index (κ3) is 5.26. The van der Waals surface area contributed by atoms with Crippen molar-refractivity contribution in [2.45, 2.75) is 19.5 Å². The Bertz CT molecular complexity index is 1480. The number of benzene rings is 2. The van der Waals surface area contributed by atoms with Crippen LogP contribution in [0, 0.1) is 0 Å². The molecule has 3 heterocycles. The van der Waals surface area contributed by atoms with Crippen LogP contribution in [-0.4, -0.2) is 33.6 Å². The van der Waals surface area contributed by atoms with Crippen LogP contribution in [0.2, 0.25) is 20.2 Å². The number of hydrogen-bond acceptors (Lipinski definition) is 3. The van der Waals surface area contributed by atoms with Gasteiger partial charge in [0, 0.05) is 49.9 Å². The first-order valence-corrected chi connectivity index (χ1v) is 12.9. The summed E-state index contributed by atoms with van der Waals surface area (Å²) in [7, 11) is 0. The molecule has 1 aliphatic heterocycles. The van der Waals surface area contributed by atoms with E-state index < -0.39 is 0 Å². The van der Waals surface area contributed by atoms with Crippen LogP contribution in [-0.2, 0) is 19.5 Å². The zero-order valence-electron chi connectivity index (χ0n) is 19.1. The Labute approximate surface area is 229 Å². The Morgan fingerprint density at radius 1 is 1.03 bits per heavy atom. The van der Waals surface area contributed by atoms with E-state index >= 15 is 0 Å². The second-order valence-corrected chi connectivity index (χ2v) is 10.2. The van der Waals surface area contributed by atoms with Crippen LogP contribution in [0.5, 0.6) is 0 Å². The number of halogens is 4. The summed E-state index contributed by atoms with van der Waals surface area (Å²) in [6.45, 7) is 2.62. The summed E-state index contributed by atoms with van der Waals surface area (Å²) in [6, 6.07) is 14.6. The van der Waals surface area contributed by atoms with Crippen LogP contribution in [0.1, 0.15) is 22.4 Å². The van der Waals surface area contributed by atoms with Crippen molar-refractivity contribution >= 4 is 69.4 Å². The Hall–Kier alpha value is -2.54. The first kappa shape index (κ1) is 25.1. The maximum absolute atomic E-state index is 13.3. The molecule has 5 rings (SSSR count). The van der Waals surface area contributed by atoms with E-state index in [4.69, 9.17) is 46.4 Å². The topological polar surface area (TPSA) is 50.2 Å². The SMILES string of the molecule is O=C(NCc1ccnc(Cl)c1)n1c2c(c3c(Cl)cccc31)CN(CC=Cc1ccc(Cl)c(Cl)c1)CC2. The van der Waals surface area contributed by atoms with Gasteiger partial charge in [-0.3, -0.25) is 9.47 Å². The molecule has 0 aliphatic carbocycles. The lowest BCUT2D eigenvalue weighted by Crippen LogP contribution is -2.34. The maximum atomic E-state index is 13.3. The van der Waals surface area contributed by atoms with Gasteiger partial charge in [-0.15, -0.1) is 0 Å². The number of rotatable bonds is 5. The van der Waals surface area contributed by atoms with Crippen LogP contribution in [0.4, 0.5) is 4.79 Å². The molecule has 2 aromatic carbocycles. The molecule has 0 saturated heterocycles. The molecule has 1 aliphatic rings. The van der Waals surface area contributed by atoms with Crippen LogP contribution in [0.3, 0.4) is 0 Å². The number of nitrogens with one attached hydrogen (secondary N) is 1. The number of fused-ring (bicyclic) bond motifs is 3. The molecule has 0 bridgehead atoms. The van der Waals surface area contributed by atoms with Gasteiger partial charge in [-0.1, -0.05) is 70.7 Å². The summed E-state index contributed by atoms with van der Waals surface area (Å²) in [4.78, 5) is 19.7. The van der Waals surface area contributed by atoms with Gasteiger partial charge in [-0.2, -0.15) is 0 Å². The molecule has 4 aromatic rings. The van der Waals surface area contributed by atoms with Gasteiger partial charge in [0.25, 0.3) is 0 Å². The zero-order valence-corrected chi connectivity index (χ0v) is 22.2. The fraction of sp³-hybridized carbons (Fsp3) is 0.185. The van der Waals surface area contributed by atoms with E-state index in [-0.39, 0.29) is 6.03 Å². The lowest BCUT2D eigenvalue weighted by Gasteiger charge is -2.27. The normalized spacial score (nSPS) is 13.9. The summed E-state index contributed by atoms with van der Waals surface area (Å²) in [6.07, 6.45) is 6.50. The smallest absolute Gasteiger partial charge is 0.326 e. The number of pyridine rings is 1. The monoisotopic (exact) mass is 558 g/mol. The number of hydrogen-bond donors (Lipinski definition) is 1. The second-order valence-electron chi connectivity index (χ2n) is 8.60. The average molecular weight is 560 g/mol. The van der Waals surface area contributed by atoms with Crippen molar-refractivity contribution in [3.8, 4) is 0 Å². The lowest BCUT2D eigenvalue weighted by atomic mass is 10.0. The molecular weight excluding hydrogens is 538 g/mol. The summed E-state index contributed by atoms with van der Waals surface area (Å²) in [5.41, 5.74) is 4.77. The molecule has 36 heavy (non-hydrogen) atoms. The van der Waals surface area contributed by atoms with Gasteiger partial charge in [0.15, 0.2) is 0 Å². The van der Waals surface area contributed by atoms with Crippen LogP contribution >= 0.6 is 46.4 Å². The van der Waals surface area contributed by atoms with E-state index in [1.807, 2.05) is 42.5 Å². The van der Waals surface area contributed by atoms with Crippen LogP contribution in [0.15, 0.2) is 60.8 Å². The van der Waals surface area contributed by atoms with Gasteiger partial charge in [0.2, 0.25) is 0 Å². The van der Waals surface area contributed by atoms with E-state index in [1.54, 1.807) is 22.9 Å². The first-order chi connectivity index (χ1) is 17.4. The molecule has 1 amide bonds.